The number of rotatable bonds is 10. The van der Waals surface area contributed by atoms with E-state index in [1.807, 2.05) is 27.7 Å². The van der Waals surface area contributed by atoms with Crippen molar-refractivity contribution in [3.8, 4) is 0 Å². The van der Waals surface area contributed by atoms with Gasteiger partial charge in [0.2, 0.25) is 10.0 Å². The standard InChI is InChI=1S/C18H40N2O5S/c1-13(21)16(19)12-24-11-15(25-14(2)17(3,4)5)10-20(18(6,7)8)26(9,22)23/h13-16,21H,10-12,19H2,1-9H3/t13-,14+,15+,16-/m1/s1. The Morgan fingerprint density at radius 1 is 1.08 bits per heavy atom. The lowest BCUT2D eigenvalue weighted by Gasteiger charge is -2.38. The Hall–Kier alpha value is -0.250. The molecule has 0 amide bonds. The van der Waals surface area contributed by atoms with Crippen LogP contribution in [0, 0.1) is 5.41 Å². The molecule has 7 nitrogen and oxygen atoms in total. The zero-order valence-electron chi connectivity index (χ0n) is 17.9. The molecule has 0 aliphatic heterocycles. The van der Waals surface area contributed by atoms with Crippen LogP contribution in [-0.4, -0.2) is 73.7 Å². The molecule has 0 heterocycles. The molecule has 0 bridgehead atoms. The zero-order chi connectivity index (χ0) is 20.9. The van der Waals surface area contributed by atoms with Gasteiger partial charge in [-0.05, 0) is 40.0 Å². The minimum absolute atomic E-state index is 0.0914. The second kappa shape index (κ2) is 9.80. The van der Waals surface area contributed by atoms with Crippen molar-refractivity contribution in [1.82, 2.24) is 4.31 Å². The predicted molar refractivity (Wildman–Crippen MR) is 106 cm³/mol. The van der Waals surface area contributed by atoms with E-state index in [9.17, 15) is 13.5 Å². The van der Waals surface area contributed by atoms with Gasteiger partial charge in [-0.1, -0.05) is 20.8 Å². The summed E-state index contributed by atoms with van der Waals surface area (Å²) in [6, 6.07) is -0.496. The lowest BCUT2D eigenvalue weighted by atomic mass is 9.90. The molecule has 0 saturated carbocycles. The Kier molecular flexibility index (Phi) is 9.70. The first-order valence-corrected chi connectivity index (χ1v) is 11.0. The van der Waals surface area contributed by atoms with Gasteiger partial charge in [0.25, 0.3) is 0 Å². The van der Waals surface area contributed by atoms with Crippen molar-refractivity contribution >= 4 is 10.0 Å². The molecule has 3 N–H and O–H groups in total. The second-order valence-electron chi connectivity index (χ2n) is 9.17. The minimum atomic E-state index is -3.41. The normalized spacial score (nSPS) is 18.6. The van der Waals surface area contributed by atoms with E-state index in [1.54, 1.807) is 6.92 Å². The molecule has 0 spiro atoms. The highest BCUT2D eigenvalue weighted by Gasteiger charge is 2.34. The summed E-state index contributed by atoms with van der Waals surface area (Å²) >= 11 is 0. The van der Waals surface area contributed by atoms with E-state index in [2.05, 4.69) is 20.8 Å². The molecule has 0 radical (unpaired) electrons. The fourth-order valence-electron chi connectivity index (χ4n) is 2.19. The number of nitrogens with two attached hydrogens (primary N) is 1. The Bertz CT molecular complexity index is 509. The molecule has 4 atom stereocenters. The molecule has 0 aromatic rings. The van der Waals surface area contributed by atoms with Gasteiger partial charge < -0.3 is 20.3 Å². The van der Waals surface area contributed by atoms with Gasteiger partial charge in [0.15, 0.2) is 0 Å². The molecule has 0 aliphatic carbocycles. The number of nitrogens with zero attached hydrogens (tertiary/aromatic N) is 1. The first-order valence-electron chi connectivity index (χ1n) is 9.11. The van der Waals surface area contributed by atoms with Gasteiger partial charge in [0.05, 0.1) is 43.8 Å². The predicted octanol–water partition coefficient (Wildman–Crippen LogP) is 1.59. The van der Waals surface area contributed by atoms with Crippen molar-refractivity contribution in [3.05, 3.63) is 0 Å². The molecule has 0 aromatic carbocycles. The SMILES string of the molecule is C[C@H](O[C@H](COC[C@@H](N)[C@@H](C)O)CN(C(C)(C)C)S(C)(=O)=O)C(C)(C)C. The number of aliphatic hydroxyl groups is 1. The van der Waals surface area contributed by atoms with Crippen LogP contribution in [0.3, 0.4) is 0 Å². The smallest absolute Gasteiger partial charge is 0.211 e. The average Bonchev–Trinajstić information content (AvgIpc) is 2.40. The van der Waals surface area contributed by atoms with E-state index in [1.165, 1.54) is 10.6 Å². The van der Waals surface area contributed by atoms with Crippen molar-refractivity contribution in [3.63, 3.8) is 0 Å². The summed E-state index contributed by atoms with van der Waals surface area (Å²) in [6.45, 7) is 15.9. The van der Waals surface area contributed by atoms with Gasteiger partial charge in [-0.2, -0.15) is 4.31 Å². The lowest BCUT2D eigenvalue weighted by molar-refractivity contribution is -0.0973. The lowest BCUT2D eigenvalue weighted by Crippen LogP contribution is -2.51. The highest BCUT2D eigenvalue weighted by molar-refractivity contribution is 7.88. The van der Waals surface area contributed by atoms with Gasteiger partial charge in [0.1, 0.15) is 0 Å². The Labute approximate surface area is 160 Å². The molecular formula is C18H40N2O5S. The summed E-state index contributed by atoms with van der Waals surface area (Å²) < 4.78 is 37.7. The molecule has 0 unspecified atom stereocenters. The maximum atomic E-state index is 12.2. The molecule has 0 fully saturated rings. The number of aliphatic hydroxyl groups excluding tert-OH is 1. The number of hydrogen-bond donors (Lipinski definition) is 2. The molecular weight excluding hydrogens is 356 g/mol. The Balaban J connectivity index is 5.24. The molecule has 0 saturated heterocycles. The summed E-state index contributed by atoms with van der Waals surface area (Å²) in [7, 11) is -3.41. The Morgan fingerprint density at radius 2 is 1.58 bits per heavy atom. The van der Waals surface area contributed by atoms with Crippen molar-refractivity contribution < 1.29 is 23.0 Å². The van der Waals surface area contributed by atoms with Crippen molar-refractivity contribution in [2.45, 2.75) is 85.3 Å². The fourth-order valence-corrected chi connectivity index (χ4v) is 3.63. The zero-order valence-corrected chi connectivity index (χ0v) is 18.8. The maximum Gasteiger partial charge on any atom is 0.211 e. The van der Waals surface area contributed by atoms with Crippen molar-refractivity contribution in [1.29, 1.82) is 0 Å². The van der Waals surface area contributed by atoms with Crippen LogP contribution in [-0.2, 0) is 19.5 Å². The van der Waals surface area contributed by atoms with E-state index in [-0.39, 0.29) is 31.3 Å². The van der Waals surface area contributed by atoms with Gasteiger partial charge in [-0.25, -0.2) is 8.42 Å². The Morgan fingerprint density at radius 3 is 1.92 bits per heavy atom. The molecule has 8 heteroatoms. The van der Waals surface area contributed by atoms with E-state index in [0.29, 0.717) is 0 Å². The topological polar surface area (TPSA) is 102 Å². The largest absolute Gasteiger partial charge is 0.392 e. The first-order chi connectivity index (χ1) is 11.5. The van der Waals surface area contributed by atoms with E-state index >= 15 is 0 Å². The quantitative estimate of drug-likeness (QED) is 0.581. The number of hydrogen-bond acceptors (Lipinski definition) is 6. The molecule has 158 valence electrons. The number of ether oxygens (including phenoxy) is 2. The van der Waals surface area contributed by atoms with Crippen LogP contribution in [0.25, 0.3) is 0 Å². The maximum absolute atomic E-state index is 12.2. The van der Waals surface area contributed by atoms with Crippen LogP contribution in [0.15, 0.2) is 0 Å². The van der Waals surface area contributed by atoms with Crippen LogP contribution >= 0.6 is 0 Å². The minimum Gasteiger partial charge on any atom is -0.392 e. The van der Waals surface area contributed by atoms with Gasteiger partial charge >= 0.3 is 0 Å². The summed E-state index contributed by atoms with van der Waals surface area (Å²) in [5, 5.41) is 9.47. The van der Waals surface area contributed by atoms with Crippen LogP contribution < -0.4 is 5.73 Å². The molecule has 0 aromatic heterocycles. The van der Waals surface area contributed by atoms with Gasteiger partial charge in [-0.15, -0.1) is 0 Å². The molecule has 0 rings (SSSR count). The van der Waals surface area contributed by atoms with Crippen LogP contribution in [0.4, 0.5) is 0 Å². The van der Waals surface area contributed by atoms with E-state index in [4.69, 9.17) is 15.2 Å². The highest BCUT2D eigenvalue weighted by Crippen LogP contribution is 2.25. The summed E-state index contributed by atoms with van der Waals surface area (Å²) in [6.07, 6.45) is -0.0144. The third kappa shape index (κ3) is 9.62. The first kappa shape index (κ1) is 25.8. The molecule has 0 aliphatic rings. The van der Waals surface area contributed by atoms with Crippen molar-refractivity contribution in [2.75, 3.05) is 26.0 Å². The summed E-state index contributed by atoms with van der Waals surface area (Å²) in [5.74, 6) is 0. The number of sulfonamides is 1. The summed E-state index contributed by atoms with van der Waals surface area (Å²) in [5.41, 5.74) is 5.13. The van der Waals surface area contributed by atoms with Gasteiger partial charge in [0, 0.05) is 12.1 Å². The van der Waals surface area contributed by atoms with E-state index < -0.39 is 33.8 Å². The fraction of sp³-hybridized carbons (Fsp3) is 1.00. The van der Waals surface area contributed by atoms with E-state index in [0.717, 1.165) is 0 Å². The van der Waals surface area contributed by atoms with Crippen molar-refractivity contribution in [2.24, 2.45) is 11.1 Å². The molecule has 26 heavy (non-hydrogen) atoms. The van der Waals surface area contributed by atoms with Crippen LogP contribution in [0.5, 0.6) is 0 Å². The van der Waals surface area contributed by atoms with Crippen LogP contribution in [0.1, 0.15) is 55.4 Å². The third-order valence-electron chi connectivity index (χ3n) is 4.37. The average molecular weight is 397 g/mol. The van der Waals surface area contributed by atoms with Gasteiger partial charge in [-0.3, -0.25) is 0 Å². The monoisotopic (exact) mass is 396 g/mol. The van der Waals surface area contributed by atoms with Crippen LogP contribution in [0.2, 0.25) is 0 Å². The second-order valence-corrected chi connectivity index (χ2v) is 11.1. The third-order valence-corrected chi connectivity index (χ3v) is 5.87. The highest BCUT2D eigenvalue weighted by atomic mass is 32.2. The summed E-state index contributed by atoms with van der Waals surface area (Å²) in [4.78, 5) is 0.